The molecule has 39 heavy (non-hydrogen) atoms. The van der Waals surface area contributed by atoms with Crippen molar-refractivity contribution in [1.82, 2.24) is 0 Å². The lowest BCUT2D eigenvalue weighted by Gasteiger charge is -2.29. The molecule has 0 aromatic rings. The van der Waals surface area contributed by atoms with E-state index >= 15 is 0 Å². The molecule has 0 aromatic heterocycles. The molecule has 0 aliphatic carbocycles. The van der Waals surface area contributed by atoms with Crippen LogP contribution in [0.2, 0.25) is 38.3 Å². The highest BCUT2D eigenvalue weighted by Gasteiger charge is 2.27. The van der Waals surface area contributed by atoms with Gasteiger partial charge in [-0.2, -0.15) is 0 Å². The first kappa shape index (κ1) is 48.8. The lowest BCUT2D eigenvalue weighted by atomic mass is 10.5. The minimum absolute atomic E-state index is 0. The van der Waals surface area contributed by atoms with Gasteiger partial charge in [-0.25, -0.2) is 0 Å². The Morgan fingerprint density at radius 3 is 1.18 bits per heavy atom. The Kier molecular flexibility index (Phi) is 45.2. The quantitative estimate of drug-likeness (QED) is 0.0895. The average Bonchev–Trinajstić information content (AvgIpc) is 2.85. The molecule has 0 saturated heterocycles. The van der Waals surface area contributed by atoms with Crippen LogP contribution < -0.4 is 0 Å². The van der Waals surface area contributed by atoms with Crippen LogP contribution in [-0.4, -0.2) is 121 Å². The van der Waals surface area contributed by atoms with Gasteiger partial charge in [0.1, 0.15) is 0 Å². The molecule has 0 aromatic carbocycles. The molecule has 0 unspecified atom stereocenters. The molecule has 0 radical (unpaired) electrons. The van der Waals surface area contributed by atoms with E-state index in [4.69, 9.17) is 37.6 Å². The van der Waals surface area contributed by atoms with Gasteiger partial charge in [0.15, 0.2) is 8.32 Å². The molecule has 2 N–H and O–H groups in total. The number of hydrogen-bond donors (Lipinski definition) is 0. The van der Waals surface area contributed by atoms with Crippen LogP contribution in [-0.2, 0) is 37.6 Å². The normalized spacial score (nSPS) is 11.1. The molecule has 0 bridgehead atoms. The van der Waals surface area contributed by atoms with Crippen LogP contribution in [0, 0.1) is 0 Å². The third kappa shape index (κ3) is 40.3. The van der Waals surface area contributed by atoms with Gasteiger partial charge in [-0.05, 0) is 25.6 Å². The third-order valence-corrected chi connectivity index (χ3v) is 10.7. The molecule has 0 atom stereocenters. The monoisotopic (exact) mass is 606 g/mol. The zero-order valence-electron chi connectivity index (χ0n) is 25.5. The topological polar surface area (TPSA) is 105 Å². The van der Waals surface area contributed by atoms with Crippen molar-refractivity contribution in [2.75, 3.05) is 99.2 Å². The van der Waals surface area contributed by atoms with E-state index in [1.807, 2.05) is 13.8 Å². The van der Waals surface area contributed by atoms with E-state index in [-0.39, 0.29) is 20.3 Å². The Morgan fingerprint density at radius 1 is 0.513 bits per heavy atom. The molecule has 0 fully saturated rings. The zero-order chi connectivity index (χ0) is 27.4. The van der Waals surface area contributed by atoms with Crippen molar-refractivity contribution in [1.29, 1.82) is 0 Å². The van der Waals surface area contributed by atoms with E-state index in [0.717, 1.165) is 19.3 Å². The first-order chi connectivity index (χ1) is 17.3. The number of hydrogen-bond acceptors (Lipinski definition) is 8. The van der Waals surface area contributed by atoms with Gasteiger partial charge in [-0.15, -0.1) is 0 Å². The lowest BCUT2D eigenvalue weighted by Crippen LogP contribution is -2.40. The summed E-state index contributed by atoms with van der Waals surface area (Å²) in [5.74, 6) is 0. The van der Waals surface area contributed by atoms with Crippen LogP contribution in [0.5, 0.6) is 0 Å². The van der Waals surface area contributed by atoms with Crippen molar-refractivity contribution in [3.63, 3.8) is 0 Å². The predicted octanol–water partition coefficient (Wildman–Crippen LogP) is 5.48. The SMILES string of the molecule is C.C.CC.CCC[Si](C)(C)OC[Si](C)(C)CCCOCCOCCOCCOCCOCCOCCOC.O. The molecule has 0 saturated carbocycles. The Balaban J connectivity index is -0.000000751. The smallest absolute Gasteiger partial charge is 0.186 e. The van der Waals surface area contributed by atoms with Crippen molar-refractivity contribution < 1.29 is 43.1 Å². The fourth-order valence-electron chi connectivity index (χ4n) is 3.13. The zero-order valence-corrected chi connectivity index (χ0v) is 27.5. The Labute approximate surface area is 245 Å². The maximum absolute atomic E-state index is 6.34. The maximum atomic E-state index is 6.34. The predicted molar refractivity (Wildman–Crippen MR) is 171 cm³/mol. The number of ether oxygens (including phenoxy) is 7. The van der Waals surface area contributed by atoms with Crippen LogP contribution in [0.1, 0.15) is 48.5 Å². The fourth-order valence-corrected chi connectivity index (χ4v) is 8.85. The summed E-state index contributed by atoms with van der Waals surface area (Å²) in [7, 11) is -1.10. The van der Waals surface area contributed by atoms with Gasteiger partial charge in [0.05, 0.1) is 87.4 Å². The average molecular weight is 607 g/mol. The van der Waals surface area contributed by atoms with Crippen LogP contribution in [0.3, 0.4) is 0 Å². The first-order valence-electron chi connectivity index (χ1n) is 13.9. The van der Waals surface area contributed by atoms with Crippen molar-refractivity contribution >= 4 is 16.4 Å². The van der Waals surface area contributed by atoms with Crippen LogP contribution in [0.4, 0.5) is 0 Å². The van der Waals surface area contributed by atoms with Gasteiger partial charge in [0, 0.05) is 19.9 Å². The van der Waals surface area contributed by atoms with Crippen molar-refractivity contribution in [2.24, 2.45) is 0 Å². The van der Waals surface area contributed by atoms with E-state index in [1.165, 1.54) is 18.5 Å². The molecule has 0 spiro atoms. The molecule has 0 heterocycles. The molecule has 0 aliphatic rings. The van der Waals surface area contributed by atoms with E-state index in [9.17, 15) is 0 Å². The Hall–Kier alpha value is 0.0738. The lowest BCUT2D eigenvalue weighted by molar-refractivity contribution is -0.0190. The van der Waals surface area contributed by atoms with Gasteiger partial charge < -0.3 is 43.1 Å². The van der Waals surface area contributed by atoms with Crippen molar-refractivity contribution in [3.05, 3.63) is 0 Å². The summed E-state index contributed by atoms with van der Waals surface area (Å²) in [6.07, 6.45) is 3.31. The van der Waals surface area contributed by atoms with Crippen LogP contribution in [0.25, 0.3) is 0 Å². The van der Waals surface area contributed by atoms with E-state index < -0.39 is 16.4 Å². The maximum Gasteiger partial charge on any atom is 0.186 e. The minimum Gasteiger partial charge on any atom is -0.421 e. The molecule has 0 aliphatic heterocycles. The minimum atomic E-state index is -1.45. The van der Waals surface area contributed by atoms with Gasteiger partial charge in [-0.3, -0.25) is 0 Å². The standard InChI is InChI=1S/C24H54O8Si2.C2H6.2CH4.H2O/c1-7-22-34(5,6)32-24-33(3,4)23-8-9-26-12-13-28-16-17-30-20-21-31-19-18-29-15-14-27-11-10-25-2;1-2;;;/h7-24H2,1-6H3;1-2H3;2*1H4;1H2. The molecule has 9 nitrogen and oxygen atoms in total. The second-order valence-electron chi connectivity index (χ2n) is 9.73. The second-order valence-corrected chi connectivity index (χ2v) is 19.2. The highest BCUT2D eigenvalue weighted by molar-refractivity contribution is 6.79. The summed E-state index contributed by atoms with van der Waals surface area (Å²) in [5, 5.41) is 0. The second kappa shape index (κ2) is 36.1. The molecule has 244 valence electrons. The summed E-state index contributed by atoms with van der Waals surface area (Å²) in [6, 6.07) is 2.50. The summed E-state index contributed by atoms with van der Waals surface area (Å²) < 4.78 is 44.2. The summed E-state index contributed by atoms with van der Waals surface area (Å²) in [6.45, 7) is 23.5. The highest BCUT2D eigenvalue weighted by Crippen LogP contribution is 2.19. The molecule has 0 amide bonds. The van der Waals surface area contributed by atoms with E-state index in [1.54, 1.807) is 7.11 Å². The largest absolute Gasteiger partial charge is 0.421 e. The van der Waals surface area contributed by atoms with Gasteiger partial charge >= 0.3 is 0 Å². The Bertz CT molecular complexity index is 432. The molecular weight excluding hydrogens is 536 g/mol. The van der Waals surface area contributed by atoms with Gasteiger partial charge in [-0.1, -0.05) is 61.2 Å². The Morgan fingerprint density at radius 2 is 0.846 bits per heavy atom. The van der Waals surface area contributed by atoms with E-state index in [0.29, 0.717) is 79.3 Å². The summed E-state index contributed by atoms with van der Waals surface area (Å²) in [5.41, 5.74) is 0. The molecule has 0 rings (SSSR count). The summed E-state index contributed by atoms with van der Waals surface area (Å²) >= 11 is 0. The first-order valence-corrected chi connectivity index (χ1v) is 20.5. The van der Waals surface area contributed by atoms with Gasteiger partial charge in [0.2, 0.25) is 0 Å². The van der Waals surface area contributed by atoms with Crippen molar-refractivity contribution in [3.8, 4) is 0 Å². The van der Waals surface area contributed by atoms with Crippen molar-refractivity contribution in [2.45, 2.75) is 86.7 Å². The molecular formula is C28H70O9Si2. The highest BCUT2D eigenvalue weighted by atomic mass is 28.4. The summed E-state index contributed by atoms with van der Waals surface area (Å²) in [4.78, 5) is 0. The van der Waals surface area contributed by atoms with E-state index in [2.05, 4.69) is 33.1 Å². The molecule has 11 heteroatoms. The fraction of sp³-hybridized carbons (Fsp3) is 1.00. The number of methoxy groups -OCH3 is 1. The van der Waals surface area contributed by atoms with Crippen LogP contribution >= 0.6 is 0 Å². The number of rotatable bonds is 27. The van der Waals surface area contributed by atoms with Gasteiger partial charge in [0.25, 0.3) is 0 Å². The third-order valence-electron chi connectivity index (χ3n) is 5.14. The van der Waals surface area contributed by atoms with Crippen LogP contribution in [0.15, 0.2) is 0 Å².